The lowest BCUT2D eigenvalue weighted by atomic mass is 10.2. The van der Waals surface area contributed by atoms with Crippen LogP contribution in [0.15, 0.2) is 28.9 Å². The molecule has 0 atom stereocenters. The summed E-state index contributed by atoms with van der Waals surface area (Å²) in [5.74, 6) is -0.265. The van der Waals surface area contributed by atoms with E-state index in [1.165, 1.54) is 12.1 Å². The van der Waals surface area contributed by atoms with Gasteiger partial charge in [-0.2, -0.15) is 0 Å². The van der Waals surface area contributed by atoms with E-state index in [2.05, 4.69) is 0 Å². The van der Waals surface area contributed by atoms with Gasteiger partial charge in [-0.1, -0.05) is 0 Å². The van der Waals surface area contributed by atoms with Crippen LogP contribution >= 0.6 is 0 Å². The van der Waals surface area contributed by atoms with Gasteiger partial charge in [0.15, 0.2) is 0 Å². The Kier molecular flexibility index (Phi) is 1.59. The standard InChI is InChI=1S/C9H8FNO/c10-7-1-2-9-8(3-7)6(4-11)5-12-9/h1-3,5H,4,11H2. The molecule has 1 aromatic heterocycles. The van der Waals surface area contributed by atoms with Crippen LogP contribution in [-0.4, -0.2) is 0 Å². The van der Waals surface area contributed by atoms with Crippen LogP contribution in [0.5, 0.6) is 0 Å². The van der Waals surface area contributed by atoms with Crippen molar-refractivity contribution < 1.29 is 8.81 Å². The summed E-state index contributed by atoms with van der Waals surface area (Å²) in [7, 11) is 0. The SMILES string of the molecule is NCc1coc2ccc(F)cc12. The molecule has 62 valence electrons. The van der Waals surface area contributed by atoms with Gasteiger partial charge in [-0.15, -0.1) is 0 Å². The van der Waals surface area contributed by atoms with Gasteiger partial charge in [0.1, 0.15) is 11.4 Å². The first kappa shape index (κ1) is 7.31. The summed E-state index contributed by atoms with van der Waals surface area (Å²) >= 11 is 0. The third-order valence-electron chi connectivity index (χ3n) is 1.84. The van der Waals surface area contributed by atoms with Crippen molar-refractivity contribution in [2.24, 2.45) is 5.73 Å². The molecule has 0 bridgehead atoms. The van der Waals surface area contributed by atoms with Crippen LogP contribution in [0.4, 0.5) is 4.39 Å². The minimum absolute atomic E-state index is 0.265. The van der Waals surface area contributed by atoms with Crippen LogP contribution in [0, 0.1) is 5.82 Å². The zero-order valence-electron chi connectivity index (χ0n) is 6.38. The minimum atomic E-state index is -0.265. The fourth-order valence-electron chi connectivity index (χ4n) is 1.21. The Morgan fingerprint density at radius 2 is 2.25 bits per heavy atom. The van der Waals surface area contributed by atoms with Crippen molar-refractivity contribution in [1.29, 1.82) is 0 Å². The van der Waals surface area contributed by atoms with E-state index in [1.54, 1.807) is 12.3 Å². The molecule has 0 saturated carbocycles. The minimum Gasteiger partial charge on any atom is -0.464 e. The largest absolute Gasteiger partial charge is 0.464 e. The normalized spacial score (nSPS) is 10.8. The van der Waals surface area contributed by atoms with Crippen molar-refractivity contribution in [3.8, 4) is 0 Å². The Balaban J connectivity index is 2.75. The van der Waals surface area contributed by atoms with Crippen LogP contribution in [0.25, 0.3) is 11.0 Å². The van der Waals surface area contributed by atoms with Crippen molar-refractivity contribution in [2.45, 2.75) is 6.54 Å². The molecule has 0 unspecified atom stereocenters. The Bertz CT molecular complexity index is 408. The second-order valence-electron chi connectivity index (χ2n) is 2.61. The van der Waals surface area contributed by atoms with E-state index in [4.69, 9.17) is 10.2 Å². The summed E-state index contributed by atoms with van der Waals surface area (Å²) in [5, 5.41) is 0.762. The molecule has 2 aromatic rings. The monoisotopic (exact) mass is 165 g/mol. The molecule has 0 fully saturated rings. The van der Waals surface area contributed by atoms with Gasteiger partial charge in [0.2, 0.25) is 0 Å². The van der Waals surface area contributed by atoms with Crippen LogP contribution in [-0.2, 0) is 6.54 Å². The highest BCUT2D eigenvalue weighted by Crippen LogP contribution is 2.21. The lowest BCUT2D eigenvalue weighted by molar-refractivity contribution is 0.606. The first-order valence-electron chi connectivity index (χ1n) is 3.67. The van der Waals surface area contributed by atoms with Gasteiger partial charge >= 0.3 is 0 Å². The molecule has 0 amide bonds. The fourth-order valence-corrected chi connectivity index (χ4v) is 1.21. The molecule has 1 aromatic carbocycles. The molecular formula is C9H8FNO. The molecule has 0 aliphatic heterocycles. The summed E-state index contributed by atoms with van der Waals surface area (Å²) in [6, 6.07) is 4.40. The van der Waals surface area contributed by atoms with Crippen molar-refractivity contribution in [1.82, 2.24) is 0 Å². The number of nitrogens with two attached hydrogens (primary N) is 1. The summed E-state index contributed by atoms with van der Waals surface area (Å²) in [5.41, 5.74) is 6.94. The van der Waals surface area contributed by atoms with Gasteiger partial charge in [-0.05, 0) is 18.2 Å². The highest BCUT2D eigenvalue weighted by atomic mass is 19.1. The Morgan fingerprint density at radius 3 is 3.00 bits per heavy atom. The van der Waals surface area contributed by atoms with Gasteiger partial charge in [0.25, 0.3) is 0 Å². The second kappa shape index (κ2) is 2.60. The molecule has 0 spiro atoms. The topological polar surface area (TPSA) is 39.2 Å². The maximum atomic E-state index is 12.7. The highest BCUT2D eigenvalue weighted by molar-refractivity contribution is 5.80. The molecule has 0 saturated heterocycles. The third kappa shape index (κ3) is 0.987. The molecule has 0 aliphatic carbocycles. The van der Waals surface area contributed by atoms with Gasteiger partial charge in [-0.3, -0.25) is 0 Å². The van der Waals surface area contributed by atoms with Crippen LogP contribution < -0.4 is 5.73 Å². The third-order valence-corrected chi connectivity index (χ3v) is 1.84. The Labute approximate surface area is 68.8 Å². The summed E-state index contributed by atoms with van der Waals surface area (Å²) in [6.45, 7) is 0.371. The first-order valence-corrected chi connectivity index (χ1v) is 3.67. The van der Waals surface area contributed by atoms with Gasteiger partial charge in [-0.25, -0.2) is 4.39 Å². The fraction of sp³-hybridized carbons (Fsp3) is 0.111. The molecule has 3 heteroatoms. The molecule has 0 radical (unpaired) electrons. The van der Waals surface area contributed by atoms with E-state index < -0.39 is 0 Å². The maximum absolute atomic E-state index is 12.7. The lowest BCUT2D eigenvalue weighted by Gasteiger charge is -1.91. The predicted octanol–water partition coefficient (Wildman–Crippen LogP) is 2.03. The average molecular weight is 165 g/mol. The predicted molar refractivity (Wildman–Crippen MR) is 44.1 cm³/mol. The van der Waals surface area contributed by atoms with Gasteiger partial charge in [0, 0.05) is 17.5 Å². The van der Waals surface area contributed by atoms with Crippen molar-refractivity contribution in [2.75, 3.05) is 0 Å². The van der Waals surface area contributed by atoms with Gasteiger partial charge in [0.05, 0.1) is 6.26 Å². The highest BCUT2D eigenvalue weighted by Gasteiger charge is 2.04. The van der Waals surface area contributed by atoms with Crippen molar-refractivity contribution in [3.05, 3.63) is 35.8 Å². The second-order valence-corrected chi connectivity index (χ2v) is 2.61. The van der Waals surface area contributed by atoms with Crippen molar-refractivity contribution in [3.63, 3.8) is 0 Å². The van der Waals surface area contributed by atoms with Crippen LogP contribution in [0.2, 0.25) is 0 Å². The number of halogens is 1. The van der Waals surface area contributed by atoms with E-state index in [0.29, 0.717) is 12.1 Å². The quantitative estimate of drug-likeness (QED) is 0.702. The zero-order chi connectivity index (χ0) is 8.55. The van der Waals surface area contributed by atoms with Crippen LogP contribution in [0.1, 0.15) is 5.56 Å². The zero-order valence-corrected chi connectivity index (χ0v) is 6.38. The van der Waals surface area contributed by atoms with E-state index >= 15 is 0 Å². The average Bonchev–Trinajstić information content (AvgIpc) is 2.46. The first-order chi connectivity index (χ1) is 5.81. The van der Waals surface area contributed by atoms with Gasteiger partial charge < -0.3 is 10.2 Å². The van der Waals surface area contributed by atoms with E-state index in [1.807, 2.05) is 0 Å². The van der Waals surface area contributed by atoms with Crippen molar-refractivity contribution >= 4 is 11.0 Å². The maximum Gasteiger partial charge on any atom is 0.134 e. The van der Waals surface area contributed by atoms with E-state index in [-0.39, 0.29) is 5.82 Å². The van der Waals surface area contributed by atoms with Crippen LogP contribution in [0.3, 0.4) is 0 Å². The summed E-state index contributed by atoms with van der Waals surface area (Å²) in [6.07, 6.45) is 1.56. The number of fused-ring (bicyclic) bond motifs is 1. The lowest BCUT2D eigenvalue weighted by Crippen LogP contribution is -1.93. The number of furan rings is 1. The number of benzene rings is 1. The summed E-state index contributed by atoms with van der Waals surface area (Å²) < 4.78 is 17.9. The molecule has 2 nitrogen and oxygen atoms in total. The number of hydrogen-bond donors (Lipinski definition) is 1. The molecule has 0 aliphatic rings. The number of hydrogen-bond acceptors (Lipinski definition) is 2. The molecule has 2 N–H and O–H groups in total. The number of rotatable bonds is 1. The summed E-state index contributed by atoms with van der Waals surface area (Å²) in [4.78, 5) is 0. The molecule has 1 heterocycles. The molecule has 12 heavy (non-hydrogen) atoms. The molecular weight excluding hydrogens is 157 g/mol. The smallest absolute Gasteiger partial charge is 0.134 e. The van der Waals surface area contributed by atoms with E-state index in [0.717, 1.165) is 10.9 Å². The molecule has 2 rings (SSSR count). The Morgan fingerprint density at radius 1 is 1.42 bits per heavy atom. The Hall–Kier alpha value is -1.35. The van der Waals surface area contributed by atoms with E-state index in [9.17, 15) is 4.39 Å².